The van der Waals surface area contributed by atoms with Crippen LogP contribution in [0.3, 0.4) is 0 Å². The number of carbonyl (C=O) groups is 1. The van der Waals surface area contributed by atoms with Crippen LogP contribution in [0.1, 0.15) is 24.2 Å². The van der Waals surface area contributed by atoms with E-state index in [0.717, 1.165) is 6.26 Å². The predicted octanol–water partition coefficient (Wildman–Crippen LogP) is 0.418. The quantitative estimate of drug-likeness (QED) is 0.751. The topological polar surface area (TPSA) is 102 Å². The monoisotopic (exact) mass is 331 g/mol. The van der Waals surface area contributed by atoms with Gasteiger partial charge in [-0.2, -0.15) is 0 Å². The molecule has 0 aromatic heterocycles. The van der Waals surface area contributed by atoms with E-state index in [1.807, 2.05) is 0 Å². The minimum absolute atomic E-state index is 0.199. The third-order valence-corrected chi connectivity index (χ3v) is 3.91. The Balaban J connectivity index is 3.20. The van der Waals surface area contributed by atoms with E-state index in [1.165, 1.54) is 33.3 Å². The third-order valence-electron chi connectivity index (χ3n) is 2.99. The molecule has 1 rings (SSSR count). The summed E-state index contributed by atoms with van der Waals surface area (Å²) in [6.07, 6.45) is -0.136. The molecule has 2 N–H and O–H groups in total. The number of rotatable bonds is 7. The minimum Gasteiger partial charge on any atom is -0.496 e. The molecule has 0 aliphatic carbocycles. The van der Waals surface area contributed by atoms with E-state index < -0.39 is 21.7 Å². The van der Waals surface area contributed by atoms with E-state index in [2.05, 4.69) is 5.32 Å². The molecule has 7 nitrogen and oxygen atoms in total. The molecular weight excluding hydrogens is 310 g/mol. The second-order valence-corrected chi connectivity index (χ2v) is 7.11. The van der Waals surface area contributed by atoms with Gasteiger partial charge in [-0.05, 0) is 17.7 Å². The fraction of sp³-hybridized carbons (Fsp3) is 0.500. The molecule has 0 fully saturated rings. The average Bonchev–Trinajstić information content (AvgIpc) is 2.41. The van der Waals surface area contributed by atoms with Gasteiger partial charge in [0, 0.05) is 13.2 Å². The number of aliphatic hydroxyl groups is 1. The average molecular weight is 331 g/mol. The van der Waals surface area contributed by atoms with E-state index in [9.17, 15) is 18.3 Å². The van der Waals surface area contributed by atoms with Crippen molar-refractivity contribution >= 4 is 15.7 Å². The highest BCUT2D eigenvalue weighted by Crippen LogP contribution is 2.33. The number of hydrogen-bond acceptors (Lipinski definition) is 6. The summed E-state index contributed by atoms with van der Waals surface area (Å²) in [6.45, 7) is 1.59. The highest BCUT2D eigenvalue weighted by atomic mass is 32.2. The van der Waals surface area contributed by atoms with Gasteiger partial charge < -0.3 is 19.9 Å². The van der Waals surface area contributed by atoms with Crippen molar-refractivity contribution in [2.75, 3.05) is 26.2 Å². The number of benzene rings is 1. The van der Waals surface area contributed by atoms with Gasteiger partial charge in [0.05, 0.1) is 38.2 Å². The summed E-state index contributed by atoms with van der Waals surface area (Å²) in [5.74, 6) is 0.196. The largest absolute Gasteiger partial charge is 0.496 e. The van der Waals surface area contributed by atoms with Gasteiger partial charge in [0.25, 0.3) is 0 Å². The van der Waals surface area contributed by atoms with Crippen LogP contribution in [0.4, 0.5) is 0 Å². The first kappa shape index (κ1) is 18.2. The summed E-state index contributed by atoms with van der Waals surface area (Å²) >= 11 is 0. The molecule has 1 unspecified atom stereocenters. The summed E-state index contributed by atoms with van der Waals surface area (Å²) in [6, 6.07) is 3.07. The van der Waals surface area contributed by atoms with Crippen molar-refractivity contribution in [3.63, 3.8) is 0 Å². The van der Waals surface area contributed by atoms with E-state index in [4.69, 9.17) is 9.47 Å². The molecule has 1 aromatic rings. The summed E-state index contributed by atoms with van der Waals surface area (Å²) < 4.78 is 33.1. The number of carbonyl (C=O) groups excluding carboxylic acids is 1. The Morgan fingerprint density at radius 3 is 2.14 bits per heavy atom. The van der Waals surface area contributed by atoms with Gasteiger partial charge in [0.2, 0.25) is 5.91 Å². The fourth-order valence-electron chi connectivity index (χ4n) is 1.97. The first-order valence-electron chi connectivity index (χ1n) is 6.53. The summed E-state index contributed by atoms with van der Waals surface area (Å²) in [4.78, 5) is 11.0. The van der Waals surface area contributed by atoms with Gasteiger partial charge in [-0.3, -0.25) is 4.79 Å². The lowest BCUT2D eigenvalue weighted by Crippen LogP contribution is -2.20. The van der Waals surface area contributed by atoms with Gasteiger partial charge in [0.15, 0.2) is 0 Å². The lowest BCUT2D eigenvalue weighted by Gasteiger charge is -2.18. The number of methoxy groups -OCH3 is 2. The molecular formula is C14H21NO6S. The van der Waals surface area contributed by atoms with Crippen LogP contribution in [0.15, 0.2) is 12.1 Å². The van der Waals surface area contributed by atoms with E-state index in [-0.39, 0.29) is 12.5 Å². The summed E-state index contributed by atoms with van der Waals surface area (Å²) in [5.41, 5.74) is 0.973. The zero-order valence-corrected chi connectivity index (χ0v) is 13.9. The second-order valence-electron chi connectivity index (χ2n) is 4.92. The van der Waals surface area contributed by atoms with Crippen LogP contribution in [0, 0.1) is 0 Å². The minimum atomic E-state index is -3.33. The van der Waals surface area contributed by atoms with Crippen LogP contribution in [0.2, 0.25) is 0 Å². The normalized spacial score (nSPS) is 12.6. The molecule has 0 aliphatic heterocycles. The molecule has 1 atom stereocenters. The first-order valence-corrected chi connectivity index (χ1v) is 8.59. The summed E-state index contributed by atoms with van der Waals surface area (Å²) in [7, 11) is -0.444. The number of sulfone groups is 1. The van der Waals surface area contributed by atoms with Crippen LogP contribution >= 0.6 is 0 Å². The standard InChI is InChI=1S/C14H21NO6S/c1-9(16)15-7-11-13(20-2)5-10(6-14(11)21-3)12(17)8-22(4,18)19/h5-6,12,17H,7-8H2,1-4H3,(H,15,16). The highest BCUT2D eigenvalue weighted by Gasteiger charge is 2.19. The molecule has 0 aliphatic rings. The molecule has 0 saturated heterocycles. The Hall–Kier alpha value is -1.80. The molecule has 124 valence electrons. The Labute approximate surface area is 130 Å². The Morgan fingerprint density at radius 2 is 1.77 bits per heavy atom. The van der Waals surface area contributed by atoms with Gasteiger partial charge in [0.1, 0.15) is 21.3 Å². The van der Waals surface area contributed by atoms with Crippen molar-refractivity contribution in [3.8, 4) is 11.5 Å². The van der Waals surface area contributed by atoms with Crippen LogP contribution < -0.4 is 14.8 Å². The summed E-state index contributed by atoms with van der Waals surface area (Å²) in [5, 5.41) is 12.7. The molecule has 0 spiro atoms. The lowest BCUT2D eigenvalue weighted by molar-refractivity contribution is -0.119. The van der Waals surface area contributed by atoms with Gasteiger partial charge >= 0.3 is 0 Å². The molecule has 8 heteroatoms. The van der Waals surface area contributed by atoms with Gasteiger partial charge in [-0.1, -0.05) is 0 Å². The third kappa shape index (κ3) is 5.19. The van der Waals surface area contributed by atoms with Crippen molar-refractivity contribution < 1.29 is 27.8 Å². The molecule has 1 aromatic carbocycles. The molecule has 0 saturated carbocycles. The molecule has 0 heterocycles. The number of nitrogens with one attached hydrogen (secondary N) is 1. The highest BCUT2D eigenvalue weighted by molar-refractivity contribution is 7.90. The second kappa shape index (κ2) is 7.46. The van der Waals surface area contributed by atoms with Crippen LogP contribution in [-0.2, 0) is 21.2 Å². The maximum Gasteiger partial charge on any atom is 0.217 e. The SMILES string of the molecule is COc1cc(C(O)CS(C)(=O)=O)cc(OC)c1CNC(C)=O. The van der Waals surface area contributed by atoms with Crippen LogP contribution in [0.25, 0.3) is 0 Å². The van der Waals surface area contributed by atoms with E-state index in [0.29, 0.717) is 22.6 Å². The molecule has 1 amide bonds. The van der Waals surface area contributed by atoms with Gasteiger partial charge in [-0.15, -0.1) is 0 Å². The van der Waals surface area contributed by atoms with E-state index >= 15 is 0 Å². The number of aliphatic hydroxyl groups excluding tert-OH is 1. The van der Waals surface area contributed by atoms with Crippen LogP contribution in [-0.4, -0.2) is 45.7 Å². The number of hydrogen-bond donors (Lipinski definition) is 2. The Morgan fingerprint density at radius 1 is 1.27 bits per heavy atom. The smallest absolute Gasteiger partial charge is 0.217 e. The van der Waals surface area contributed by atoms with Crippen molar-refractivity contribution in [1.82, 2.24) is 5.32 Å². The zero-order chi connectivity index (χ0) is 16.9. The van der Waals surface area contributed by atoms with Crippen LogP contribution in [0.5, 0.6) is 11.5 Å². The molecule has 0 radical (unpaired) electrons. The predicted molar refractivity (Wildman–Crippen MR) is 81.7 cm³/mol. The zero-order valence-electron chi connectivity index (χ0n) is 13.0. The Kier molecular flexibility index (Phi) is 6.19. The van der Waals surface area contributed by atoms with Crippen molar-refractivity contribution in [3.05, 3.63) is 23.3 Å². The molecule has 0 bridgehead atoms. The maximum atomic E-state index is 11.3. The number of amides is 1. The Bertz CT molecular complexity index is 616. The maximum absolute atomic E-state index is 11.3. The van der Waals surface area contributed by atoms with E-state index in [1.54, 1.807) is 0 Å². The van der Waals surface area contributed by atoms with Crippen molar-refractivity contribution in [1.29, 1.82) is 0 Å². The van der Waals surface area contributed by atoms with Crippen molar-refractivity contribution in [2.45, 2.75) is 19.6 Å². The lowest BCUT2D eigenvalue weighted by atomic mass is 10.0. The molecule has 22 heavy (non-hydrogen) atoms. The van der Waals surface area contributed by atoms with Gasteiger partial charge in [-0.25, -0.2) is 8.42 Å². The fourth-order valence-corrected chi connectivity index (χ4v) is 2.73. The first-order chi connectivity index (χ1) is 10.2. The number of ether oxygens (including phenoxy) is 2. The van der Waals surface area contributed by atoms with Crippen molar-refractivity contribution in [2.24, 2.45) is 0 Å².